The van der Waals surface area contributed by atoms with E-state index in [1.807, 2.05) is 0 Å². The third-order valence-electron chi connectivity index (χ3n) is 3.13. The average molecular weight is 334 g/mol. The minimum Gasteiger partial charge on any atom is -0.376 e. The van der Waals surface area contributed by atoms with Gasteiger partial charge in [-0.3, -0.25) is 0 Å². The molecule has 0 saturated carbocycles. The van der Waals surface area contributed by atoms with Gasteiger partial charge < -0.3 is 5.32 Å². The standard InChI is InChI=1S/C15H12Cl2F3N/c1-7-3-14(20)15(6-12(7)18)21-8(2)9-4-13(19)11(17)5-10(9)16/h3-6,8,21H,1-2H3. The molecule has 0 aliphatic heterocycles. The predicted molar refractivity (Wildman–Crippen MR) is 79.6 cm³/mol. The summed E-state index contributed by atoms with van der Waals surface area (Å²) in [5.74, 6) is -1.74. The molecule has 2 aromatic carbocycles. The topological polar surface area (TPSA) is 12.0 Å². The Labute approximate surface area is 130 Å². The second-order valence-corrected chi connectivity index (χ2v) is 5.55. The Bertz CT molecular complexity index is 689. The number of anilines is 1. The van der Waals surface area contributed by atoms with Crippen LogP contribution < -0.4 is 5.32 Å². The Morgan fingerprint density at radius 3 is 2.24 bits per heavy atom. The SMILES string of the molecule is Cc1cc(F)c(NC(C)c2cc(F)c(Cl)cc2Cl)cc1F. The molecule has 0 heterocycles. The highest BCUT2D eigenvalue weighted by Crippen LogP contribution is 2.31. The molecule has 2 aromatic rings. The van der Waals surface area contributed by atoms with Crippen LogP contribution in [-0.4, -0.2) is 0 Å². The zero-order valence-corrected chi connectivity index (χ0v) is 12.8. The van der Waals surface area contributed by atoms with Crippen LogP contribution in [0.2, 0.25) is 10.0 Å². The van der Waals surface area contributed by atoms with Gasteiger partial charge in [-0.25, -0.2) is 13.2 Å². The van der Waals surface area contributed by atoms with Gasteiger partial charge in [0, 0.05) is 11.1 Å². The molecular formula is C15H12Cl2F3N. The van der Waals surface area contributed by atoms with E-state index in [0.29, 0.717) is 5.56 Å². The Balaban J connectivity index is 2.32. The predicted octanol–water partition coefficient (Wildman–Crippen LogP) is 5.89. The molecule has 0 saturated heterocycles. The van der Waals surface area contributed by atoms with Crippen LogP contribution in [0, 0.1) is 24.4 Å². The molecule has 1 atom stereocenters. The van der Waals surface area contributed by atoms with Gasteiger partial charge in [0.05, 0.1) is 16.8 Å². The monoisotopic (exact) mass is 333 g/mol. The molecule has 6 heteroatoms. The Hall–Kier alpha value is -1.39. The van der Waals surface area contributed by atoms with Crippen molar-refractivity contribution >= 4 is 28.9 Å². The summed E-state index contributed by atoms with van der Waals surface area (Å²) in [6.07, 6.45) is 0. The van der Waals surface area contributed by atoms with E-state index in [4.69, 9.17) is 23.2 Å². The van der Waals surface area contributed by atoms with Crippen molar-refractivity contribution in [1.29, 1.82) is 0 Å². The van der Waals surface area contributed by atoms with E-state index in [9.17, 15) is 13.2 Å². The fraction of sp³-hybridized carbons (Fsp3) is 0.200. The summed E-state index contributed by atoms with van der Waals surface area (Å²) in [6, 6.07) is 4.07. The van der Waals surface area contributed by atoms with Crippen molar-refractivity contribution in [2.75, 3.05) is 5.32 Å². The summed E-state index contributed by atoms with van der Waals surface area (Å²) in [5.41, 5.74) is 0.595. The van der Waals surface area contributed by atoms with Gasteiger partial charge in [0.2, 0.25) is 0 Å². The number of aryl methyl sites for hydroxylation is 1. The van der Waals surface area contributed by atoms with E-state index < -0.39 is 23.5 Å². The highest BCUT2D eigenvalue weighted by Gasteiger charge is 2.16. The summed E-state index contributed by atoms with van der Waals surface area (Å²) in [7, 11) is 0. The summed E-state index contributed by atoms with van der Waals surface area (Å²) in [4.78, 5) is 0. The van der Waals surface area contributed by atoms with Crippen molar-refractivity contribution in [3.05, 3.63) is 62.9 Å². The van der Waals surface area contributed by atoms with Gasteiger partial charge in [-0.05, 0) is 43.2 Å². The van der Waals surface area contributed by atoms with Crippen LogP contribution in [0.3, 0.4) is 0 Å². The van der Waals surface area contributed by atoms with Crippen LogP contribution in [0.5, 0.6) is 0 Å². The normalized spacial score (nSPS) is 12.3. The van der Waals surface area contributed by atoms with Gasteiger partial charge >= 0.3 is 0 Å². The number of benzene rings is 2. The molecule has 0 bridgehead atoms. The van der Waals surface area contributed by atoms with E-state index >= 15 is 0 Å². The zero-order chi connectivity index (χ0) is 15.7. The quantitative estimate of drug-likeness (QED) is 0.690. The van der Waals surface area contributed by atoms with E-state index in [2.05, 4.69) is 5.32 Å². The van der Waals surface area contributed by atoms with Crippen LogP contribution in [0.15, 0.2) is 24.3 Å². The summed E-state index contributed by atoms with van der Waals surface area (Å²) >= 11 is 11.6. The van der Waals surface area contributed by atoms with Crippen molar-refractivity contribution in [2.24, 2.45) is 0 Å². The molecule has 112 valence electrons. The lowest BCUT2D eigenvalue weighted by molar-refractivity contribution is 0.592. The Morgan fingerprint density at radius 1 is 0.905 bits per heavy atom. The van der Waals surface area contributed by atoms with Crippen molar-refractivity contribution in [1.82, 2.24) is 0 Å². The summed E-state index contributed by atoms with van der Waals surface area (Å²) in [6.45, 7) is 3.13. The second-order valence-electron chi connectivity index (χ2n) is 4.74. The Morgan fingerprint density at radius 2 is 1.57 bits per heavy atom. The number of nitrogens with one attached hydrogen (secondary N) is 1. The highest BCUT2D eigenvalue weighted by molar-refractivity contribution is 6.35. The highest BCUT2D eigenvalue weighted by atomic mass is 35.5. The van der Waals surface area contributed by atoms with Crippen molar-refractivity contribution < 1.29 is 13.2 Å². The number of hydrogen-bond acceptors (Lipinski definition) is 1. The molecule has 0 radical (unpaired) electrons. The van der Waals surface area contributed by atoms with E-state index in [1.165, 1.54) is 19.1 Å². The molecule has 21 heavy (non-hydrogen) atoms. The molecule has 2 rings (SSSR count). The number of hydrogen-bond donors (Lipinski definition) is 1. The van der Waals surface area contributed by atoms with Crippen LogP contribution in [-0.2, 0) is 0 Å². The molecule has 0 aliphatic rings. The lowest BCUT2D eigenvalue weighted by atomic mass is 10.1. The number of rotatable bonds is 3. The van der Waals surface area contributed by atoms with Gasteiger partial charge in [-0.1, -0.05) is 23.2 Å². The largest absolute Gasteiger partial charge is 0.376 e. The first kappa shape index (κ1) is 16.0. The molecule has 0 amide bonds. The van der Waals surface area contributed by atoms with Crippen LogP contribution in [0.25, 0.3) is 0 Å². The second kappa shape index (κ2) is 6.16. The van der Waals surface area contributed by atoms with Gasteiger partial charge in [0.25, 0.3) is 0 Å². The average Bonchev–Trinajstić information content (AvgIpc) is 2.40. The maximum Gasteiger partial charge on any atom is 0.146 e. The van der Waals surface area contributed by atoms with Crippen LogP contribution in [0.4, 0.5) is 18.9 Å². The minimum absolute atomic E-state index is 0.0166. The summed E-state index contributed by atoms with van der Waals surface area (Å²) < 4.78 is 40.8. The molecule has 1 nitrogen and oxygen atoms in total. The third kappa shape index (κ3) is 3.44. The van der Waals surface area contributed by atoms with Gasteiger partial charge in [-0.2, -0.15) is 0 Å². The van der Waals surface area contributed by atoms with Crippen LogP contribution >= 0.6 is 23.2 Å². The third-order valence-corrected chi connectivity index (χ3v) is 3.74. The molecule has 0 fully saturated rings. The lowest BCUT2D eigenvalue weighted by Crippen LogP contribution is -2.09. The fourth-order valence-electron chi connectivity index (χ4n) is 1.94. The van der Waals surface area contributed by atoms with E-state index in [1.54, 1.807) is 6.92 Å². The molecule has 0 spiro atoms. The first-order chi connectivity index (χ1) is 9.79. The van der Waals surface area contributed by atoms with E-state index in [-0.39, 0.29) is 21.3 Å². The maximum absolute atomic E-state index is 13.8. The van der Waals surface area contributed by atoms with E-state index in [0.717, 1.165) is 12.1 Å². The van der Waals surface area contributed by atoms with Crippen molar-refractivity contribution in [3.63, 3.8) is 0 Å². The molecular weight excluding hydrogens is 322 g/mol. The Kier molecular flexibility index (Phi) is 4.69. The molecule has 1 N–H and O–H groups in total. The van der Waals surface area contributed by atoms with Crippen molar-refractivity contribution in [3.8, 4) is 0 Å². The smallest absolute Gasteiger partial charge is 0.146 e. The van der Waals surface area contributed by atoms with Gasteiger partial charge in [0.15, 0.2) is 0 Å². The fourth-order valence-corrected chi connectivity index (χ4v) is 2.48. The lowest BCUT2D eigenvalue weighted by Gasteiger charge is -2.18. The van der Waals surface area contributed by atoms with Crippen molar-refractivity contribution in [2.45, 2.75) is 19.9 Å². The molecule has 0 aliphatic carbocycles. The first-order valence-electron chi connectivity index (χ1n) is 6.16. The molecule has 0 aromatic heterocycles. The first-order valence-corrected chi connectivity index (χ1v) is 6.91. The zero-order valence-electron chi connectivity index (χ0n) is 11.3. The summed E-state index contributed by atoms with van der Waals surface area (Å²) in [5, 5.41) is 2.92. The minimum atomic E-state index is -0.625. The maximum atomic E-state index is 13.8. The van der Waals surface area contributed by atoms with Gasteiger partial charge in [-0.15, -0.1) is 0 Å². The van der Waals surface area contributed by atoms with Crippen LogP contribution in [0.1, 0.15) is 24.1 Å². The molecule has 1 unspecified atom stereocenters. The number of halogens is 5. The van der Waals surface area contributed by atoms with Gasteiger partial charge in [0.1, 0.15) is 17.5 Å².